The quantitative estimate of drug-likeness (QED) is 0.393. The minimum Gasteiger partial charge on any atom is -0.426 e. The van der Waals surface area contributed by atoms with Gasteiger partial charge < -0.3 is 4.74 Å². The fourth-order valence-corrected chi connectivity index (χ4v) is 3.86. The van der Waals surface area contributed by atoms with Crippen molar-refractivity contribution < 1.29 is 9.53 Å². The SMILES string of the molecule is O=C1C[C@@H](c2ccc3ncccc3c2)c2c(ccc3nsnc23)O1. The number of aromatic nitrogens is 3. The summed E-state index contributed by atoms with van der Waals surface area (Å²) < 4.78 is 14.2. The molecule has 0 N–H and O–H groups in total. The van der Waals surface area contributed by atoms with Gasteiger partial charge in [0.15, 0.2) is 0 Å². The summed E-state index contributed by atoms with van der Waals surface area (Å²) in [5.41, 5.74) is 4.61. The molecule has 0 saturated heterocycles. The van der Waals surface area contributed by atoms with Gasteiger partial charge in [-0.2, -0.15) is 8.75 Å². The van der Waals surface area contributed by atoms with Crippen molar-refractivity contribution in [1.82, 2.24) is 13.7 Å². The van der Waals surface area contributed by atoms with Crippen LogP contribution in [0.15, 0.2) is 48.7 Å². The molecule has 0 fully saturated rings. The Morgan fingerprint density at radius 1 is 1.08 bits per heavy atom. The fourth-order valence-electron chi connectivity index (χ4n) is 3.31. The van der Waals surface area contributed by atoms with Crippen molar-refractivity contribution in [3.05, 3.63) is 59.8 Å². The van der Waals surface area contributed by atoms with Crippen molar-refractivity contribution in [1.29, 1.82) is 0 Å². The highest BCUT2D eigenvalue weighted by atomic mass is 32.1. The van der Waals surface area contributed by atoms with E-state index in [1.807, 2.05) is 36.4 Å². The molecule has 0 saturated carbocycles. The molecule has 1 aliphatic heterocycles. The van der Waals surface area contributed by atoms with E-state index in [2.05, 4.69) is 19.8 Å². The smallest absolute Gasteiger partial charge is 0.312 e. The molecule has 24 heavy (non-hydrogen) atoms. The first-order chi connectivity index (χ1) is 11.8. The summed E-state index contributed by atoms with van der Waals surface area (Å²) in [6, 6.07) is 13.7. The van der Waals surface area contributed by atoms with E-state index in [-0.39, 0.29) is 11.9 Å². The third kappa shape index (κ3) is 2.00. The predicted molar refractivity (Wildman–Crippen MR) is 91.3 cm³/mol. The summed E-state index contributed by atoms with van der Waals surface area (Å²) in [6.07, 6.45) is 2.08. The molecular formula is C18H11N3O2S. The van der Waals surface area contributed by atoms with Gasteiger partial charge in [0, 0.05) is 23.1 Å². The van der Waals surface area contributed by atoms with Crippen LogP contribution in [-0.4, -0.2) is 19.7 Å². The van der Waals surface area contributed by atoms with Crippen LogP contribution in [0, 0.1) is 0 Å². The van der Waals surface area contributed by atoms with Crippen LogP contribution in [0.2, 0.25) is 0 Å². The topological polar surface area (TPSA) is 65.0 Å². The Kier molecular flexibility index (Phi) is 2.87. The number of carbonyl (C=O) groups is 1. The molecule has 0 aliphatic carbocycles. The van der Waals surface area contributed by atoms with Gasteiger partial charge in [-0.15, -0.1) is 0 Å². The number of fused-ring (bicyclic) bond motifs is 4. The standard InChI is InChI=1S/C18H11N3O2S/c22-16-9-12(10-3-4-13-11(8-10)2-1-7-19-13)17-15(23-16)6-5-14-18(17)21-24-20-14/h1-8,12H,9H2/t12-/m0/s1. The Labute approximate surface area is 141 Å². The number of nitrogens with zero attached hydrogens (tertiary/aromatic N) is 3. The molecule has 5 nitrogen and oxygen atoms in total. The Hall–Kier alpha value is -2.86. The van der Waals surface area contributed by atoms with Crippen LogP contribution in [0.25, 0.3) is 21.9 Å². The largest absolute Gasteiger partial charge is 0.426 e. The van der Waals surface area contributed by atoms with Gasteiger partial charge in [-0.05, 0) is 35.9 Å². The van der Waals surface area contributed by atoms with Crippen LogP contribution in [0.5, 0.6) is 5.75 Å². The second kappa shape index (κ2) is 5.07. The van der Waals surface area contributed by atoms with E-state index in [9.17, 15) is 4.79 Å². The molecule has 4 aromatic rings. The molecular weight excluding hydrogens is 322 g/mol. The maximum atomic E-state index is 12.1. The lowest BCUT2D eigenvalue weighted by Crippen LogP contribution is -2.21. The third-order valence-electron chi connectivity index (χ3n) is 4.40. The van der Waals surface area contributed by atoms with Crippen LogP contribution in [-0.2, 0) is 4.79 Å². The Morgan fingerprint density at radius 2 is 2.00 bits per heavy atom. The first-order valence-corrected chi connectivity index (χ1v) is 8.33. The second-order valence-corrected chi connectivity index (χ2v) is 6.32. The molecule has 0 radical (unpaired) electrons. The second-order valence-electron chi connectivity index (χ2n) is 5.80. The maximum Gasteiger partial charge on any atom is 0.312 e. The van der Waals surface area contributed by atoms with Gasteiger partial charge >= 0.3 is 5.97 Å². The van der Waals surface area contributed by atoms with Crippen molar-refractivity contribution in [3.63, 3.8) is 0 Å². The Bertz CT molecular complexity index is 1110. The molecule has 2 aromatic carbocycles. The summed E-state index contributed by atoms with van der Waals surface area (Å²) >= 11 is 1.18. The molecule has 6 heteroatoms. The summed E-state index contributed by atoms with van der Waals surface area (Å²) in [4.78, 5) is 16.4. The van der Waals surface area contributed by atoms with Crippen molar-refractivity contribution in [3.8, 4) is 5.75 Å². The lowest BCUT2D eigenvalue weighted by atomic mass is 9.85. The summed E-state index contributed by atoms with van der Waals surface area (Å²) in [7, 11) is 0. The highest BCUT2D eigenvalue weighted by molar-refractivity contribution is 7.00. The van der Waals surface area contributed by atoms with Gasteiger partial charge in [-0.25, -0.2) is 0 Å². The van der Waals surface area contributed by atoms with Crippen LogP contribution in [0.3, 0.4) is 0 Å². The van der Waals surface area contributed by atoms with Crippen LogP contribution in [0.1, 0.15) is 23.5 Å². The number of pyridine rings is 1. The molecule has 0 spiro atoms. The molecule has 116 valence electrons. The number of carbonyl (C=O) groups excluding carboxylic acids is 1. The van der Waals surface area contributed by atoms with E-state index in [0.29, 0.717) is 12.2 Å². The summed E-state index contributed by atoms with van der Waals surface area (Å²) in [6.45, 7) is 0. The highest BCUT2D eigenvalue weighted by Crippen LogP contribution is 2.42. The number of benzene rings is 2. The average Bonchev–Trinajstić information content (AvgIpc) is 3.09. The monoisotopic (exact) mass is 333 g/mol. The number of hydrogen-bond donors (Lipinski definition) is 0. The Balaban J connectivity index is 1.75. The summed E-state index contributed by atoms with van der Waals surface area (Å²) in [5.74, 6) is 0.280. The molecule has 1 aliphatic rings. The molecule has 0 bridgehead atoms. The minimum atomic E-state index is -0.221. The number of esters is 1. The van der Waals surface area contributed by atoms with Gasteiger partial charge in [0.25, 0.3) is 0 Å². The van der Waals surface area contributed by atoms with Crippen LogP contribution < -0.4 is 4.74 Å². The zero-order chi connectivity index (χ0) is 16.1. The summed E-state index contributed by atoms with van der Waals surface area (Å²) in [5, 5.41) is 1.05. The third-order valence-corrected chi connectivity index (χ3v) is 4.94. The lowest BCUT2D eigenvalue weighted by molar-refractivity contribution is -0.135. The van der Waals surface area contributed by atoms with Crippen molar-refractivity contribution >= 4 is 39.6 Å². The first-order valence-electron chi connectivity index (χ1n) is 7.60. The number of ether oxygens (including phenoxy) is 1. The van der Waals surface area contributed by atoms with Crippen molar-refractivity contribution in [2.45, 2.75) is 12.3 Å². The highest BCUT2D eigenvalue weighted by Gasteiger charge is 2.31. The zero-order valence-electron chi connectivity index (χ0n) is 12.5. The van der Waals surface area contributed by atoms with Gasteiger partial charge in [-0.1, -0.05) is 12.1 Å². The normalized spacial score (nSPS) is 17.0. The van der Waals surface area contributed by atoms with E-state index in [1.54, 1.807) is 6.20 Å². The molecule has 1 atom stereocenters. The maximum absolute atomic E-state index is 12.1. The zero-order valence-corrected chi connectivity index (χ0v) is 13.3. The van der Waals surface area contributed by atoms with E-state index >= 15 is 0 Å². The van der Waals surface area contributed by atoms with E-state index in [0.717, 1.165) is 33.1 Å². The average molecular weight is 333 g/mol. The van der Waals surface area contributed by atoms with E-state index in [1.165, 1.54) is 11.7 Å². The fraction of sp³-hybridized carbons (Fsp3) is 0.111. The van der Waals surface area contributed by atoms with Gasteiger partial charge in [0.05, 0.1) is 23.7 Å². The number of hydrogen-bond acceptors (Lipinski definition) is 6. The van der Waals surface area contributed by atoms with E-state index in [4.69, 9.17) is 4.74 Å². The van der Waals surface area contributed by atoms with Gasteiger partial charge in [0.2, 0.25) is 0 Å². The van der Waals surface area contributed by atoms with Gasteiger partial charge in [0.1, 0.15) is 16.8 Å². The molecule has 2 aromatic heterocycles. The molecule has 5 rings (SSSR count). The molecule has 0 unspecified atom stereocenters. The predicted octanol–water partition coefficient (Wildman–Crippen LogP) is 3.68. The van der Waals surface area contributed by atoms with Crippen LogP contribution in [0.4, 0.5) is 0 Å². The van der Waals surface area contributed by atoms with Crippen molar-refractivity contribution in [2.75, 3.05) is 0 Å². The van der Waals surface area contributed by atoms with Crippen LogP contribution >= 0.6 is 11.7 Å². The van der Waals surface area contributed by atoms with E-state index < -0.39 is 0 Å². The van der Waals surface area contributed by atoms with Crippen molar-refractivity contribution in [2.24, 2.45) is 0 Å². The minimum absolute atomic E-state index is 0.0848. The lowest BCUT2D eigenvalue weighted by Gasteiger charge is -2.25. The van der Waals surface area contributed by atoms with Gasteiger partial charge in [-0.3, -0.25) is 9.78 Å². The molecule has 3 heterocycles. The molecule has 0 amide bonds. The first kappa shape index (κ1) is 13.6. The number of rotatable bonds is 1. The Morgan fingerprint density at radius 3 is 2.96 bits per heavy atom.